The standard InChI is InChI=1S/C17H18N2O5S2/c1-10(16(22)23)18-14(20)7-8-19-15(21)13(26-17(19)25)9-11-3-5-12(24-2)6-4-11/h3-6,9-10H,7-8H2,1-2H3,(H,18,20)(H,22,23)/b13-9+. The molecule has 1 fully saturated rings. The number of carbonyl (C=O) groups is 3. The fourth-order valence-corrected chi connectivity index (χ4v) is 3.44. The number of methoxy groups -OCH3 is 1. The zero-order valence-electron chi connectivity index (χ0n) is 14.2. The summed E-state index contributed by atoms with van der Waals surface area (Å²) in [6.07, 6.45) is 1.70. The molecular formula is C17H18N2O5S2. The lowest BCUT2D eigenvalue weighted by Gasteiger charge is -2.15. The zero-order valence-corrected chi connectivity index (χ0v) is 15.9. The van der Waals surface area contributed by atoms with E-state index in [0.717, 1.165) is 11.3 Å². The van der Waals surface area contributed by atoms with Crippen molar-refractivity contribution in [2.24, 2.45) is 0 Å². The Morgan fingerprint density at radius 3 is 2.62 bits per heavy atom. The molecule has 0 spiro atoms. The van der Waals surface area contributed by atoms with E-state index in [1.54, 1.807) is 25.3 Å². The second kappa shape index (κ2) is 8.81. The van der Waals surface area contributed by atoms with Gasteiger partial charge in [-0.05, 0) is 30.7 Å². The first-order valence-corrected chi connectivity index (χ1v) is 8.96. The fourth-order valence-electron chi connectivity index (χ4n) is 2.13. The Bertz CT molecular complexity index is 761. The first-order chi connectivity index (χ1) is 12.3. The molecule has 1 saturated heterocycles. The number of carboxylic acids is 1. The first-order valence-electron chi connectivity index (χ1n) is 7.73. The topological polar surface area (TPSA) is 95.9 Å². The Morgan fingerprint density at radius 1 is 1.38 bits per heavy atom. The van der Waals surface area contributed by atoms with Gasteiger partial charge in [0, 0.05) is 13.0 Å². The van der Waals surface area contributed by atoms with Crippen molar-refractivity contribution in [1.82, 2.24) is 10.2 Å². The second-order valence-corrected chi connectivity index (χ2v) is 7.16. The Hall–Kier alpha value is -2.39. The number of carbonyl (C=O) groups excluding carboxylic acids is 2. The SMILES string of the molecule is COc1ccc(/C=C2/SC(=S)N(CCC(=O)NC(C)C(=O)O)C2=O)cc1. The van der Waals surface area contributed by atoms with Crippen LogP contribution < -0.4 is 10.1 Å². The monoisotopic (exact) mass is 394 g/mol. The Morgan fingerprint density at radius 2 is 2.04 bits per heavy atom. The molecule has 0 aromatic heterocycles. The number of amides is 2. The maximum atomic E-state index is 12.5. The highest BCUT2D eigenvalue weighted by molar-refractivity contribution is 8.26. The molecule has 1 heterocycles. The van der Waals surface area contributed by atoms with Crippen molar-refractivity contribution in [2.75, 3.05) is 13.7 Å². The molecule has 9 heteroatoms. The van der Waals surface area contributed by atoms with Crippen molar-refractivity contribution < 1.29 is 24.2 Å². The molecule has 0 saturated carbocycles. The molecule has 1 aromatic carbocycles. The summed E-state index contributed by atoms with van der Waals surface area (Å²) >= 11 is 6.38. The molecule has 0 radical (unpaired) electrons. The van der Waals surface area contributed by atoms with E-state index in [2.05, 4.69) is 5.32 Å². The van der Waals surface area contributed by atoms with Crippen LogP contribution in [0.1, 0.15) is 18.9 Å². The van der Waals surface area contributed by atoms with Crippen LogP contribution in [-0.2, 0) is 14.4 Å². The van der Waals surface area contributed by atoms with Crippen molar-refractivity contribution in [1.29, 1.82) is 0 Å². The smallest absolute Gasteiger partial charge is 0.325 e. The molecule has 1 aliphatic heterocycles. The molecule has 2 rings (SSSR count). The molecule has 2 N–H and O–H groups in total. The van der Waals surface area contributed by atoms with E-state index in [1.807, 2.05) is 12.1 Å². The minimum atomic E-state index is -1.12. The van der Waals surface area contributed by atoms with Gasteiger partial charge in [-0.25, -0.2) is 0 Å². The number of thiocarbonyl (C=S) groups is 1. The van der Waals surface area contributed by atoms with Gasteiger partial charge in [-0.1, -0.05) is 36.1 Å². The Kier molecular flexibility index (Phi) is 6.76. The van der Waals surface area contributed by atoms with Crippen molar-refractivity contribution in [3.8, 4) is 5.75 Å². The van der Waals surface area contributed by atoms with E-state index in [0.29, 0.717) is 9.23 Å². The van der Waals surface area contributed by atoms with Gasteiger partial charge in [-0.3, -0.25) is 19.3 Å². The van der Waals surface area contributed by atoms with Crippen LogP contribution in [0, 0.1) is 0 Å². The lowest BCUT2D eigenvalue weighted by molar-refractivity contribution is -0.141. The zero-order chi connectivity index (χ0) is 19.3. The van der Waals surface area contributed by atoms with E-state index >= 15 is 0 Å². The van der Waals surface area contributed by atoms with Gasteiger partial charge in [-0.2, -0.15) is 0 Å². The maximum Gasteiger partial charge on any atom is 0.325 e. The molecule has 1 aromatic rings. The predicted octanol–water partition coefficient (Wildman–Crippen LogP) is 1.88. The van der Waals surface area contributed by atoms with Gasteiger partial charge in [0.15, 0.2) is 0 Å². The van der Waals surface area contributed by atoms with Gasteiger partial charge in [0.25, 0.3) is 5.91 Å². The summed E-state index contributed by atoms with van der Waals surface area (Å²) in [4.78, 5) is 36.8. The Labute approximate surface area is 160 Å². The number of thioether (sulfide) groups is 1. The molecule has 0 bridgehead atoms. The number of aliphatic carboxylic acids is 1. The highest BCUT2D eigenvalue weighted by Crippen LogP contribution is 2.32. The minimum absolute atomic E-state index is 0.0279. The molecule has 7 nitrogen and oxygen atoms in total. The van der Waals surface area contributed by atoms with Crippen LogP contribution in [0.15, 0.2) is 29.2 Å². The van der Waals surface area contributed by atoms with Crippen molar-refractivity contribution in [3.05, 3.63) is 34.7 Å². The molecule has 1 aliphatic rings. The van der Waals surface area contributed by atoms with Gasteiger partial charge in [0.1, 0.15) is 16.1 Å². The molecule has 26 heavy (non-hydrogen) atoms. The summed E-state index contributed by atoms with van der Waals surface area (Å²) < 4.78 is 5.46. The average molecular weight is 394 g/mol. The summed E-state index contributed by atoms with van der Waals surface area (Å²) in [6, 6.07) is 6.25. The number of hydrogen-bond acceptors (Lipinski definition) is 6. The normalized spacial score (nSPS) is 16.7. The predicted molar refractivity (Wildman–Crippen MR) is 103 cm³/mol. The summed E-state index contributed by atoms with van der Waals surface area (Å²) in [5.41, 5.74) is 0.833. The third-order valence-corrected chi connectivity index (χ3v) is 4.98. The third-order valence-electron chi connectivity index (χ3n) is 3.60. The second-order valence-electron chi connectivity index (χ2n) is 5.48. The van der Waals surface area contributed by atoms with Crippen LogP contribution in [0.3, 0.4) is 0 Å². The van der Waals surface area contributed by atoms with E-state index in [-0.39, 0.29) is 18.9 Å². The van der Waals surface area contributed by atoms with Crippen LogP contribution in [0.4, 0.5) is 0 Å². The summed E-state index contributed by atoms with van der Waals surface area (Å²) in [5.74, 6) is -1.12. The molecule has 138 valence electrons. The van der Waals surface area contributed by atoms with Crippen LogP contribution in [-0.4, -0.2) is 51.8 Å². The lowest BCUT2D eigenvalue weighted by atomic mass is 10.2. The molecule has 2 amide bonds. The molecule has 0 aliphatic carbocycles. The Balaban J connectivity index is 1.98. The lowest BCUT2D eigenvalue weighted by Crippen LogP contribution is -2.40. The van der Waals surface area contributed by atoms with Crippen LogP contribution in [0.2, 0.25) is 0 Å². The van der Waals surface area contributed by atoms with Gasteiger partial charge in [0.05, 0.1) is 12.0 Å². The van der Waals surface area contributed by atoms with Gasteiger partial charge in [0.2, 0.25) is 5.91 Å². The largest absolute Gasteiger partial charge is 0.497 e. The van der Waals surface area contributed by atoms with E-state index < -0.39 is 17.9 Å². The quantitative estimate of drug-likeness (QED) is 0.538. The fraction of sp³-hybridized carbons (Fsp3) is 0.294. The number of benzene rings is 1. The van der Waals surface area contributed by atoms with Gasteiger partial charge < -0.3 is 15.2 Å². The number of carboxylic acid groups (broad SMARTS) is 1. The minimum Gasteiger partial charge on any atom is -0.497 e. The molecule has 1 atom stereocenters. The maximum absolute atomic E-state index is 12.5. The number of rotatable bonds is 7. The average Bonchev–Trinajstić information content (AvgIpc) is 2.87. The van der Waals surface area contributed by atoms with Crippen molar-refractivity contribution >= 4 is 52.2 Å². The number of hydrogen-bond donors (Lipinski definition) is 2. The first kappa shape index (κ1) is 19.9. The van der Waals surface area contributed by atoms with E-state index in [9.17, 15) is 14.4 Å². The van der Waals surface area contributed by atoms with Gasteiger partial charge >= 0.3 is 5.97 Å². The highest BCUT2D eigenvalue weighted by atomic mass is 32.2. The van der Waals surface area contributed by atoms with Crippen LogP contribution in [0.25, 0.3) is 6.08 Å². The van der Waals surface area contributed by atoms with Crippen molar-refractivity contribution in [3.63, 3.8) is 0 Å². The summed E-state index contributed by atoms with van der Waals surface area (Å²) in [7, 11) is 1.58. The number of nitrogens with zero attached hydrogens (tertiary/aromatic N) is 1. The molecule has 1 unspecified atom stereocenters. The van der Waals surface area contributed by atoms with Crippen LogP contribution in [0.5, 0.6) is 5.75 Å². The number of nitrogens with one attached hydrogen (secondary N) is 1. The highest BCUT2D eigenvalue weighted by Gasteiger charge is 2.32. The van der Waals surface area contributed by atoms with Gasteiger partial charge in [-0.15, -0.1) is 0 Å². The summed E-state index contributed by atoms with van der Waals surface area (Å²) in [6.45, 7) is 1.47. The van der Waals surface area contributed by atoms with E-state index in [4.69, 9.17) is 22.1 Å². The molecular weight excluding hydrogens is 376 g/mol. The summed E-state index contributed by atoms with van der Waals surface area (Å²) in [5, 5.41) is 11.1. The number of ether oxygens (including phenoxy) is 1. The van der Waals surface area contributed by atoms with Crippen LogP contribution >= 0.6 is 24.0 Å². The third kappa shape index (κ3) is 5.06. The van der Waals surface area contributed by atoms with E-state index in [1.165, 1.54) is 23.6 Å². The van der Waals surface area contributed by atoms with Crippen molar-refractivity contribution in [2.45, 2.75) is 19.4 Å².